The van der Waals surface area contributed by atoms with E-state index in [-0.39, 0.29) is 0 Å². The number of ether oxygens (including phenoxy) is 1. The fraction of sp³-hybridized carbons (Fsp3) is 0.857. The van der Waals surface area contributed by atoms with E-state index in [9.17, 15) is 0 Å². The van der Waals surface area contributed by atoms with Crippen LogP contribution in [0.1, 0.15) is 13.3 Å². The molecule has 0 spiro atoms. The summed E-state index contributed by atoms with van der Waals surface area (Å²) >= 11 is 0. The summed E-state index contributed by atoms with van der Waals surface area (Å²) in [6, 6.07) is 0. The number of nitrogens with one attached hydrogen (secondary N) is 1. The van der Waals surface area contributed by atoms with Crippen molar-refractivity contribution in [2.24, 2.45) is 0 Å². The van der Waals surface area contributed by atoms with Crippen molar-refractivity contribution in [2.45, 2.75) is 13.3 Å². The number of hydrogen-bond donors (Lipinski definition) is 1. The third kappa shape index (κ3) is 4.32. The Morgan fingerprint density at radius 2 is 2.10 bits per heavy atom. The van der Waals surface area contributed by atoms with Gasteiger partial charge in [0.25, 0.3) is 0 Å². The molecule has 0 radical (unpaired) electrons. The molecule has 0 aromatic rings. The van der Waals surface area contributed by atoms with Gasteiger partial charge in [-0.2, -0.15) is 0 Å². The largest absolute Gasteiger partial charge is 0.381 e. The van der Waals surface area contributed by atoms with Crippen LogP contribution in [-0.4, -0.2) is 38.0 Å². The smallest absolute Gasteiger partial charge is 0.0975 e. The number of hydrogen-bond acceptors (Lipinski definition) is 2. The highest BCUT2D eigenvalue weighted by atomic mass is 16.5. The minimum atomic E-state index is 0.619. The number of nitrogens with zero attached hydrogens (tertiary/aromatic N) is 1. The van der Waals surface area contributed by atoms with Gasteiger partial charge in [-0.25, -0.2) is 0 Å². The molecule has 0 saturated heterocycles. The second-order valence-electron chi connectivity index (χ2n) is 2.29. The van der Waals surface area contributed by atoms with Crippen LogP contribution >= 0.6 is 0 Å². The maximum Gasteiger partial charge on any atom is 0.0975 e. The monoisotopic (exact) mass is 144 g/mol. The molecule has 0 fully saturated rings. The summed E-state index contributed by atoms with van der Waals surface area (Å²) in [7, 11) is 3.74. The zero-order valence-electron chi connectivity index (χ0n) is 6.98. The molecular weight excluding hydrogens is 128 g/mol. The van der Waals surface area contributed by atoms with E-state index in [1.807, 2.05) is 21.0 Å². The van der Waals surface area contributed by atoms with Gasteiger partial charge in [0.15, 0.2) is 0 Å². The first kappa shape index (κ1) is 9.43. The molecule has 0 aliphatic heterocycles. The molecule has 0 aromatic heterocycles. The maximum absolute atomic E-state index is 7.37. The van der Waals surface area contributed by atoms with E-state index in [1.54, 1.807) is 4.90 Å². The molecule has 3 nitrogen and oxygen atoms in total. The van der Waals surface area contributed by atoms with E-state index >= 15 is 0 Å². The van der Waals surface area contributed by atoms with Gasteiger partial charge in [0.1, 0.15) is 0 Å². The zero-order chi connectivity index (χ0) is 7.98. The van der Waals surface area contributed by atoms with Crippen LogP contribution in [0.3, 0.4) is 0 Å². The Kier molecular flexibility index (Phi) is 4.94. The molecule has 0 bridgehead atoms. The summed E-state index contributed by atoms with van der Waals surface area (Å²) in [5.74, 6) is 0.619. The van der Waals surface area contributed by atoms with Crippen LogP contribution in [0.25, 0.3) is 0 Å². The van der Waals surface area contributed by atoms with Crippen molar-refractivity contribution in [3.05, 3.63) is 0 Å². The lowest BCUT2D eigenvalue weighted by atomic mass is 10.4. The van der Waals surface area contributed by atoms with Gasteiger partial charge >= 0.3 is 0 Å². The first-order valence-corrected chi connectivity index (χ1v) is 3.51. The summed E-state index contributed by atoms with van der Waals surface area (Å²) < 4.78 is 5.09. The van der Waals surface area contributed by atoms with Crippen molar-refractivity contribution >= 4 is 5.84 Å². The average molecular weight is 144 g/mol. The van der Waals surface area contributed by atoms with Crippen molar-refractivity contribution in [3.63, 3.8) is 0 Å². The molecule has 0 aliphatic rings. The SMILES string of the molecule is CCOCCC(=N)N(C)C. The molecule has 60 valence electrons. The van der Waals surface area contributed by atoms with Gasteiger partial charge < -0.3 is 9.64 Å². The zero-order valence-corrected chi connectivity index (χ0v) is 6.98. The molecule has 1 N–H and O–H groups in total. The third-order valence-electron chi connectivity index (χ3n) is 1.23. The van der Waals surface area contributed by atoms with Gasteiger partial charge in [-0.3, -0.25) is 5.41 Å². The standard InChI is InChI=1S/C7H16N2O/c1-4-10-6-5-7(8)9(2)3/h8H,4-6H2,1-3H3. The molecular formula is C7H16N2O. The predicted molar refractivity (Wildman–Crippen MR) is 42.5 cm³/mol. The van der Waals surface area contributed by atoms with Crippen LogP contribution < -0.4 is 0 Å². The van der Waals surface area contributed by atoms with E-state index in [2.05, 4.69) is 0 Å². The second-order valence-corrected chi connectivity index (χ2v) is 2.29. The molecule has 3 heteroatoms. The number of rotatable bonds is 4. The van der Waals surface area contributed by atoms with E-state index in [1.165, 1.54) is 0 Å². The van der Waals surface area contributed by atoms with Gasteiger partial charge in [-0.05, 0) is 6.92 Å². The molecule has 0 atom stereocenters. The average Bonchev–Trinajstić information content (AvgIpc) is 1.88. The van der Waals surface area contributed by atoms with Crippen LogP contribution in [0, 0.1) is 5.41 Å². The van der Waals surface area contributed by atoms with Crippen molar-refractivity contribution in [2.75, 3.05) is 27.3 Å². The van der Waals surface area contributed by atoms with E-state index < -0.39 is 0 Å². The van der Waals surface area contributed by atoms with Crippen LogP contribution in [-0.2, 0) is 4.74 Å². The summed E-state index contributed by atoms with van der Waals surface area (Å²) in [4.78, 5) is 1.79. The van der Waals surface area contributed by atoms with Gasteiger partial charge in [0, 0.05) is 27.1 Å². The first-order valence-electron chi connectivity index (χ1n) is 3.51. The van der Waals surface area contributed by atoms with Crippen molar-refractivity contribution in [3.8, 4) is 0 Å². The fourth-order valence-corrected chi connectivity index (χ4v) is 0.537. The van der Waals surface area contributed by atoms with E-state index in [4.69, 9.17) is 10.1 Å². The van der Waals surface area contributed by atoms with Gasteiger partial charge in [-0.1, -0.05) is 0 Å². The molecule has 0 saturated carbocycles. The summed E-state index contributed by atoms with van der Waals surface area (Å²) in [5.41, 5.74) is 0. The van der Waals surface area contributed by atoms with Crippen LogP contribution in [0.5, 0.6) is 0 Å². The molecule has 0 heterocycles. The fourth-order valence-electron chi connectivity index (χ4n) is 0.537. The summed E-state index contributed by atoms with van der Waals surface area (Å²) in [6.45, 7) is 3.35. The number of amidine groups is 1. The van der Waals surface area contributed by atoms with Crippen molar-refractivity contribution < 1.29 is 4.74 Å². The second kappa shape index (κ2) is 5.23. The quantitative estimate of drug-likeness (QED) is 0.362. The predicted octanol–water partition coefficient (Wildman–Crippen LogP) is 0.952. The van der Waals surface area contributed by atoms with Crippen molar-refractivity contribution in [1.82, 2.24) is 4.90 Å². The van der Waals surface area contributed by atoms with Gasteiger partial charge in [0.2, 0.25) is 0 Å². The normalized spacial score (nSPS) is 9.50. The Hall–Kier alpha value is -0.570. The molecule has 0 aromatic carbocycles. The Morgan fingerprint density at radius 1 is 1.50 bits per heavy atom. The maximum atomic E-state index is 7.37. The third-order valence-corrected chi connectivity index (χ3v) is 1.23. The minimum Gasteiger partial charge on any atom is -0.381 e. The summed E-state index contributed by atoms with van der Waals surface area (Å²) in [5, 5.41) is 7.37. The van der Waals surface area contributed by atoms with E-state index in [0.29, 0.717) is 18.9 Å². The van der Waals surface area contributed by atoms with Crippen LogP contribution in [0.15, 0.2) is 0 Å². The lowest BCUT2D eigenvalue weighted by Crippen LogP contribution is -2.22. The minimum absolute atomic E-state index is 0.619. The highest BCUT2D eigenvalue weighted by Crippen LogP contribution is 1.88. The Morgan fingerprint density at radius 3 is 2.50 bits per heavy atom. The Labute approximate surface area is 62.5 Å². The van der Waals surface area contributed by atoms with E-state index in [0.717, 1.165) is 6.61 Å². The topological polar surface area (TPSA) is 36.3 Å². The first-order chi connectivity index (χ1) is 4.68. The molecule has 0 unspecified atom stereocenters. The van der Waals surface area contributed by atoms with Crippen molar-refractivity contribution in [1.29, 1.82) is 5.41 Å². The molecule has 0 aliphatic carbocycles. The molecule has 0 rings (SSSR count). The van der Waals surface area contributed by atoms with Gasteiger partial charge in [-0.15, -0.1) is 0 Å². The van der Waals surface area contributed by atoms with Crippen LogP contribution in [0.4, 0.5) is 0 Å². The molecule has 0 amide bonds. The highest BCUT2D eigenvalue weighted by molar-refractivity contribution is 5.78. The Bertz CT molecular complexity index is 102. The van der Waals surface area contributed by atoms with Crippen LogP contribution in [0.2, 0.25) is 0 Å². The lowest BCUT2D eigenvalue weighted by molar-refractivity contribution is 0.153. The summed E-state index contributed by atoms with van der Waals surface area (Å²) in [6.07, 6.45) is 0.709. The highest BCUT2D eigenvalue weighted by Gasteiger charge is 1.96. The van der Waals surface area contributed by atoms with Gasteiger partial charge in [0.05, 0.1) is 12.4 Å². The Balaban J connectivity index is 3.22. The lowest BCUT2D eigenvalue weighted by Gasteiger charge is -2.12. The molecule has 10 heavy (non-hydrogen) atoms.